The molecule has 0 spiro atoms. The van der Waals surface area contributed by atoms with Crippen LogP contribution in [0.15, 0.2) is 0 Å². The van der Waals surface area contributed by atoms with Gasteiger partial charge in [0.15, 0.2) is 11.6 Å². The first-order valence-corrected chi connectivity index (χ1v) is 11.6. The highest BCUT2D eigenvalue weighted by Crippen LogP contribution is 2.76. The highest BCUT2D eigenvalue weighted by atomic mass is 31.1. The molecule has 0 aromatic rings. The van der Waals surface area contributed by atoms with Crippen molar-refractivity contribution >= 4 is 16.1 Å². The third-order valence-corrected chi connectivity index (χ3v) is 10.9. The maximum Gasteiger partial charge on any atom is 0.173 e. The van der Waals surface area contributed by atoms with E-state index in [4.69, 9.17) is 18.7 Å². The molecule has 4 heterocycles. The van der Waals surface area contributed by atoms with Gasteiger partial charge in [-0.1, -0.05) is 27.7 Å². The normalized spacial score (nSPS) is 48.9. The lowest BCUT2D eigenvalue weighted by molar-refractivity contribution is -0.468. The van der Waals surface area contributed by atoms with Gasteiger partial charge in [-0.3, -0.25) is 0 Å². The van der Waals surface area contributed by atoms with E-state index in [-0.39, 0.29) is 10.7 Å². The van der Waals surface area contributed by atoms with Crippen LogP contribution in [0.2, 0.25) is 0 Å². The Morgan fingerprint density at radius 2 is 1.30 bits per heavy atom. The lowest BCUT2D eigenvalue weighted by Crippen LogP contribution is -2.71. The monoisotopic (exact) mass is 362 g/mol. The maximum atomic E-state index is 6.48. The summed E-state index contributed by atoms with van der Waals surface area (Å²) < 4.78 is 25.5. The first-order chi connectivity index (χ1) is 10.4. The Bertz CT molecular complexity index is 429. The summed E-state index contributed by atoms with van der Waals surface area (Å²) in [6, 6.07) is 0. The smallest absolute Gasteiger partial charge is 0.173 e. The molecule has 4 aliphatic rings. The van der Waals surface area contributed by atoms with E-state index >= 15 is 0 Å². The molecule has 0 N–H and O–H groups in total. The SMILES string of the molecule is CC(C)P(OCP1[C@]2(C)C[C@@]3(C)O[C@](C)(C[C@]1(C)O3)O2)C(C)C. The Labute approximate surface area is 143 Å². The largest absolute Gasteiger partial charge is 0.354 e. The Hall–Kier alpha value is 0.700. The summed E-state index contributed by atoms with van der Waals surface area (Å²) in [5.41, 5.74) is 1.16. The number of ether oxygens (including phenoxy) is 3. The zero-order valence-corrected chi connectivity index (χ0v) is 17.6. The molecule has 4 aliphatic heterocycles. The predicted molar refractivity (Wildman–Crippen MR) is 96.2 cm³/mol. The van der Waals surface area contributed by atoms with E-state index < -0.39 is 27.6 Å². The van der Waals surface area contributed by atoms with E-state index in [1.807, 2.05) is 0 Å². The molecule has 0 amide bonds. The molecule has 0 aliphatic carbocycles. The zero-order chi connectivity index (χ0) is 17.3. The molecule has 0 radical (unpaired) electrons. The van der Waals surface area contributed by atoms with Crippen LogP contribution in [0.3, 0.4) is 0 Å². The highest BCUT2D eigenvalue weighted by Gasteiger charge is 2.71. The van der Waals surface area contributed by atoms with Gasteiger partial charge in [-0.05, 0) is 46.9 Å². The minimum absolute atomic E-state index is 0.183. The molecular weight excluding hydrogens is 330 g/mol. The van der Waals surface area contributed by atoms with Crippen LogP contribution in [0.5, 0.6) is 0 Å². The Morgan fingerprint density at radius 3 is 1.70 bits per heavy atom. The van der Waals surface area contributed by atoms with E-state index in [2.05, 4.69) is 55.4 Å². The molecule has 0 unspecified atom stereocenters. The summed E-state index contributed by atoms with van der Waals surface area (Å²) in [7, 11) is -0.965. The number of hydrogen-bond donors (Lipinski definition) is 0. The third kappa shape index (κ3) is 3.14. The van der Waals surface area contributed by atoms with Crippen molar-refractivity contribution in [2.24, 2.45) is 0 Å². The average Bonchev–Trinajstić information content (AvgIpc) is 2.26. The quantitative estimate of drug-likeness (QED) is 0.614. The Kier molecular flexibility index (Phi) is 4.50. The van der Waals surface area contributed by atoms with E-state index in [9.17, 15) is 0 Å². The summed E-state index contributed by atoms with van der Waals surface area (Å²) >= 11 is 0. The van der Waals surface area contributed by atoms with E-state index in [0.29, 0.717) is 11.3 Å². The van der Waals surface area contributed by atoms with Gasteiger partial charge in [0, 0.05) is 21.0 Å². The fraction of sp³-hybridized carbons (Fsp3) is 1.00. The highest BCUT2D eigenvalue weighted by molar-refractivity contribution is 7.61. The van der Waals surface area contributed by atoms with Crippen molar-refractivity contribution in [1.29, 1.82) is 0 Å². The zero-order valence-electron chi connectivity index (χ0n) is 15.8. The molecular formula is C17H32O4P2. The second-order valence-electron chi connectivity index (χ2n) is 8.51. The average molecular weight is 362 g/mol. The van der Waals surface area contributed by atoms with Crippen molar-refractivity contribution in [2.45, 2.75) is 102 Å². The molecule has 4 bridgehead atoms. The topological polar surface area (TPSA) is 36.9 Å². The van der Waals surface area contributed by atoms with Crippen molar-refractivity contribution in [3.05, 3.63) is 0 Å². The molecule has 4 rings (SSSR count). The van der Waals surface area contributed by atoms with E-state index in [1.165, 1.54) is 0 Å². The molecule has 0 aromatic heterocycles. The molecule has 4 nitrogen and oxygen atoms in total. The van der Waals surface area contributed by atoms with Gasteiger partial charge in [0.05, 0.1) is 17.0 Å². The third-order valence-electron chi connectivity index (χ3n) is 5.10. The van der Waals surface area contributed by atoms with Crippen LogP contribution in [0.4, 0.5) is 0 Å². The van der Waals surface area contributed by atoms with E-state index in [0.717, 1.165) is 19.2 Å². The van der Waals surface area contributed by atoms with Crippen molar-refractivity contribution in [2.75, 3.05) is 6.35 Å². The molecule has 0 saturated carbocycles. The van der Waals surface area contributed by atoms with Gasteiger partial charge in [-0.15, -0.1) is 0 Å². The standard InChI is InChI=1S/C17H32O4P2/c1-12(2)23(13(3)4)18-11-22-16(7)9-14(5)19-15(6,21-16)10-17(22,8)20-14/h12-13H,9-11H2,1-8H3/t14-,15-,16+,17+/m0/s1. The number of rotatable bonds is 5. The van der Waals surface area contributed by atoms with Crippen LogP contribution in [0.1, 0.15) is 68.2 Å². The van der Waals surface area contributed by atoms with Gasteiger partial charge in [0.25, 0.3) is 0 Å². The van der Waals surface area contributed by atoms with E-state index in [1.54, 1.807) is 0 Å². The van der Waals surface area contributed by atoms with Crippen LogP contribution in [-0.4, -0.2) is 39.9 Å². The molecule has 4 atom stereocenters. The molecule has 4 fully saturated rings. The molecule has 23 heavy (non-hydrogen) atoms. The summed E-state index contributed by atoms with van der Waals surface area (Å²) in [6.07, 6.45) is 2.36. The van der Waals surface area contributed by atoms with Crippen molar-refractivity contribution < 1.29 is 18.7 Å². The molecule has 4 saturated heterocycles. The van der Waals surface area contributed by atoms with Crippen LogP contribution >= 0.6 is 16.1 Å². The van der Waals surface area contributed by atoms with Gasteiger partial charge in [-0.2, -0.15) is 0 Å². The fourth-order valence-corrected chi connectivity index (χ4v) is 10.8. The van der Waals surface area contributed by atoms with Gasteiger partial charge in [-0.25, -0.2) is 0 Å². The van der Waals surface area contributed by atoms with Gasteiger partial charge in [0.1, 0.15) is 0 Å². The molecule has 6 heteroatoms. The lowest BCUT2D eigenvalue weighted by Gasteiger charge is -2.69. The molecule has 0 aromatic carbocycles. The number of hydrogen-bond acceptors (Lipinski definition) is 4. The lowest BCUT2D eigenvalue weighted by atomic mass is 9.98. The van der Waals surface area contributed by atoms with Crippen molar-refractivity contribution in [3.63, 3.8) is 0 Å². The van der Waals surface area contributed by atoms with Gasteiger partial charge in [0.2, 0.25) is 0 Å². The first kappa shape index (κ1) is 18.5. The summed E-state index contributed by atoms with van der Waals surface area (Å²) in [6.45, 7) is 17.7. The summed E-state index contributed by atoms with van der Waals surface area (Å²) in [4.78, 5) is 0. The summed E-state index contributed by atoms with van der Waals surface area (Å²) in [5.74, 6) is -1.04. The summed E-state index contributed by atoms with van der Waals surface area (Å²) in [5, 5.41) is -0.366. The fourth-order valence-electron chi connectivity index (χ4n) is 4.93. The van der Waals surface area contributed by atoms with Crippen LogP contribution < -0.4 is 0 Å². The first-order valence-electron chi connectivity index (χ1n) is 8.70. The minimum atomic E-state index is -0.546. The maximum absolute atomic E-state index is 6.48. The predicted octanol–water partition coefficient (Wildman–Crippen LogP) is 5.39. The van der Waals surface area contributed by atoms with Crippen LogP contribution in [0, 0.1) is 0 Å². The van der Waals surface area contributed by atoms with Gasteiger partial charge < -0.3 is 18.7 Å². The van der Waals surface area contributed by atoms with Crippen molar-refractivity contribution in [3.8, 4) is 0 Å². The minimum Gasteiger partial charge on any atom is -0.354 e. The second kappa shape index (κ2) is 5.60. The van der Waals surface area contributed by atoms with Crippen LogP contribution in [0.25, 0.3) is 0 Å². The van der Waals surface area contributed by atoms with Gasteiger partial charge >= 0.3 is 0 Å². The van der Waals surface area contributed by atoms with Crippen molar-refractivity contribution in [1.82, 2.24) is 0 Å². The Morgan fingerprint density at radius 1 is 0.870 bits per heavy atom. The second-order valence-corrected chi connectivity index (χ2v) is 14.6. The molecule has 134 valence electrons. The Balaban J connectivity index is 1.81. The van der Waals surface area contributed by atoms with Crippen LogP contribution in [-0.2, 0) is 18.7 Å².